The van der Waals surface area contributed by atoms with E-state index in [0.29, 0.717) is 11.3 Å². The van der Waals surface area contributed by atoms with E-state index in [1.807, 2.05) is 0 Å². The summed E-state index contributed by atoms with van der Waals surface area (Å²) in [5, 5.41) is 9.26. The van der Waals surface area contributed by atoms with Crippen molar-refractivity contribution in [3.63, 3.8) is 0 Å². The molecule has 1 aromatic rings. The lowest BCUT2D eigenvalue weighted by molar-refractivity contribution is 0.110. The van der Waals surface area contributed by atoms with E-state index in [1.165, 1.54) is 13.2 Å². The van der Waals surface area contributed by atoms with E-state index in [-0.39, 0.29) is 9.54 Å². The molecule has 0 aromatic heterocycles. The zero-order valence-electron chi connectivity index (χ0n) is 6.37. The van der Waals surface area contributed by atoms with Crippen LogP contribution < -0.4 is 4.74 Å². The van der Waals surface area contributed by atoms with Gasteiger partial charge in [0.05, 0.1) is 7.11 Å². The molecule has 1 N–H and O–H groups in total. The molecule has 0 aliphatic rings. The molecule has 0 bridgehead atoms. The van der Waals surface area contributed by atoms with Crippen LogP contribution in [0, 0.1) is 0 Å². The minimum atomic E-state index is -0.106. The van der Waals surface area contributed by atoms with Crippen molar-refractivity contribution in [2.45, 2.75) is 0 Å². The minimum Gasteiger partial charge on any atom is -0.504 e. The molecule has 64 valence electrons. The van der Waals surface area contributed by atoms with Gasteiger partial charge in [-0.2, -0.15) is 0 Å². The van der Waals surface area contributed by atoms with Crippen molar-refractivity contribution in [2.75, 3.05) is 7.11 Å². The van der Waals surface area contributed by atoms with Gasteiger partial charge in [0.25, 0.3) is 0 Å². The summed E-state index contributed by atoms with van der Waals surface area (Å²) >= 11 is 1.66. The van der Waals surface area contributed by atoms with Gasteiger partial charge < -0.3 is 9.84 Å². The van der Waals surface area contributed by atoms with Gasteiger partial charge in [0.1, 0.15) is 0 Å². The van der Waals surface area contributed by atoms with Crippen LogP contribution in [0.4, 0.5) is 0 Å². The molecule has 4 heteroatoms. The van der Waals surface area contributed by atoms with Crippen molar-refractivity contribution in [3.05, 3.63) is 23.8 Å². The number of phenolic OH excluding ortho intramolecular Hbond substituents is 1. The van der Waals surface area contributed by atoms with Crippen molar-refractivity contribution in [3.8, 4) is 11.5 Å². The Morgan fingerprint density at radius 1 is 1.58 bits per heavy atom. The van der Waals surface area contributed by atoms with Crippen LogP contribution in [0.5, 0.6) is 11.5 Å². The molecule has 1 rings (SSSR count). The van der Waals surface area contributed by atoms with Gasteiger partial charge in [-0.05, 0) is 18.2 Å². The van der Waals surface area contributed by atoms with Crippen molar-refractivity contribution in [1.82, 2.24) is 0 Å². The maximum Gasteiger partial charge on any atom is 0.222 e. The third-order valence-corrected chi connectivity index (χ3v) is 2.03. The lowest BCUT2D eigenvalue weighted by Gasteiger charge is -2.02. The molecule has 0 aliphatic heterocycles. The van der Waals surface area contributed by atoms with Gasteiger partial charge in [0, 0.05) is 28.2 Å². The Labute approximate surface area is 83.5 Å². The molecular weight excluding hydrogens is 271 g/mol. The fourth-order valence-corrected chi connectivity index (χ4v) is 1.15. The summed E-state index contributed by atoms with van der Waals surface area (Å²) < 4.78 is 4.71. The highest BCUT2D eigenvalue weighted by Gasteiger charge is 2.05. The molecule has 0 saturated carbocycles. The number of aromatic hydroxyl groups is 1. The maximum atomic E-state index is 10.8. The fraction of sp³-hybridized carbons (Fsp3) is 0.125. The second-order valence-electron chi connectivity index (χ2n) is 2.16. The molecule has 1 aromatic carbocycles. The minimum absolute atomic E-state index is 0.0139. The van der Waals surface area contributed by atoms with Crippen LogP contribution in [0.3, 0.4) is 0 Å². The normalized spacial score (nSPS) is 9.50. The zero-order valence-corrected chi connectivity index (χ0v) is 8.53. The van der Waals surface area contributed by atoms with Gasteiger partial charge in [0.15, 0.2) is 11.5 Å². The van der Waals surface area contributed by atoms with Crippen LogP contribution in [0.2, 0.25) is 0 Å². The Balaban J connectivity index is 3.10. The van der Waals surface area contributed by atoms with E-state index in [9.17, 15) is 9.90 Å². The Hall–Kier alpha value is -0.780. The summed E-state index contributed by atoms with van der Waals surface area (Å²) in [5.41, 5.74) is 0.467. The zero-order chi connectivity index (χ0) is 9.14. The molecule has 0 aliphatic carbocycles. The Bertz CT molecular complexity index is 309. The maximum absolute atomic E-state index is 10.8. The van der Waals surface area contributed by atoms with Crippen molar-refractivity contribution in [1.29, 1.82) is 0 Å². The predicted octanol–water partition coefficient (Wildman–Crippen LogP) is 1.98. The molecule has 3 nitrogen and oxygen atoms in total. The summed E-state index contributed by atoms with van der Waals surface area (Å²) in [4.78, 5) is 10.8. The number of rotatable bonds is 2. The number of phenols is 1. The Kier molecular flexibility index (Phi) is 2.91. The van der Waals surface area contributed by atoms with Crippen LogP contribution >= 0.6 is 22.6 Å². The molecule has 0 spiro atoms. The van der Waals surface area contributed by atoms with Crippen LogP contribution in [-0.4, -0.2) is 16.0 Å². The number of ether oxygens (including phenoxy) is 1. The third-order valence-electron chi connectivity index (χ3n) is 1.41. The first kappa shape index (κ1) is 9.31. The first-order chi connectivity index (χ1) is 5.65. The number of halogens is 1. The highest BCUT2D eigenvalue weighted by Crippen LogP contribution is 2.26. The van der Waals surface area contributed by atoms with Crippen molar-refractivity contribution >= 4 is 26.4 Å². The number of hydrogen-bond donors (Lipinski definition) is 1. The van der Waals surface area contributed by atoms with Gasteiger partial charge in [-0.1, -0.05) is 0 Å². The van der Waals surface area contributed by atoms with Gasteiger partial charge in [-0.15, -0.1) is 0 Å². The van der Waals surface area contributed by atoms with Crippen LogP contribution in [0.15, 0.2) is 18.2 Å². The lowest BCUT2D eigenvalue weighted by atomic mass is 10.2. The smallest absolute Gasteiger partial charge is 0.222 e. The van der Waals surface area contributed by atoms with Crippen LogP contribution in [-0.2, 0) is 0 Å². The summed E-state index contributed by atoms with van der Waals surface area (Å²) in [6.07, 6.45) is 0. The Morgan fingerprint density at radius 3 is 2.67 bits per heavy atom. The molecule has 12 heavy (non-hydrogen) atoms. The van der Waals surface area contributed by atoms with E-state index in [4.69, 9.17) is 4.74 Å². The van der Waals surface area contributed by atoms with Crippen LogP contribution in [0.25, 0.3) is 0 Å². The largest absolute Gasteiger partial charge is 0.504 e. The van der Waals surface area contributed by atoms with E-state index in [0.717, 1.165) is 0 Å². The Morgan fingerprint density at radius 2 is 2.25 bits per heavy atom. The molecule has 0 fully saturated rings. The standard InChI is InChI=1S/C8H7IO3/c1-12-7-3-2-5(8(9)11)4-6(7)10/h2-4,10H,1H3. The SMILES string of the molecule is COc1ccc(C(=O)I)cc1O. The van der Waals surface area contributed by atoms with E-state index < -0.39 is 0 Å². The van der Waals surface area contributed by atoms with E-state index in [2.05, 4.69) is 0 Å². The number of hydrogen-bond acceptors (Lipinski definition) is 3. The molecule has 0 heterocycles. The predicted molar refractivity (Wildman–Crippen MR) is 53.0 cm³/mol. The quantitative estimate of drug-likeness (QED) is 0.664. The second kappa shape index (κ2) is 3.75. The monoisotopic (exact) mass is 278 g/mol. The molecule has 0 saturated heterocycles. The molecular formula is C8H7IO3. The molecule has 0 amide bonds. The number of methoxy groups -OCH3 is 1. The van der Waals surface area contributed by atoms with Crippen LogP contribution in [0.1, 0.15) is 10.4 Å². The van der Waals surface area contributed by atoms with Gasteiger partial charge in [0.2, 0.25) is 3.79 Å². The third kappa shape index (κ3) is 1.88. The number of benzene rings is 1. The lowest BCUT2D eigenvalue weighted by Crippen LogP contribution is -1.89. The topological polar surface area (TPSA) is 46.5 Å². The number of carbonyl (C=O) groups excluding carboxylic acids is 1. The summed E-state index contributed by atoms with van der Waals surface area (Å²) in [6.45, 7) is 0. The van der Waals surface area contributed by atoms with Gasteiger partial charge in [-0.3, -0.25) is 4.79 Å². The average molecular weight is 278 g/mol. The molecule has 0 unspecified atom stereocenters. The summed E-state index contributed by atoms with van der Waals surface area (Å²) in [5.74, 6) is 0.358. The van der Waals surface area contributed by atoms with Gasteiger partial charge in [-0.25, -0.2) is 0 Å². The van der Waals surface area contributed by atoms with Gasteiger partial charge >= 0.3 is 0 Å². The first-order valence-corrected chi connectivity index (χ1v) is 4.30. The first-order valence-electron chi connectivity index (χ1n) is 3.22. The molecule has 0 atom stereocenters. The molecule has 0 radical (unpaired) electrons. The number of carbonyl (C=O) groups is 1. The highest BCUT2D eigenvalue weighted by molar-refractivity contribution is 14.1. The summed E-state index contributed by atoms with van der Waals surface area (Å²) in [7, 11) is 1.46. The fourth-order valence-electron chi connectivity index (χ4n) is 0.812. The van der Waals surface area contributed by atoms with Crippen molar-refractivity contribution < 1.29 is 14.6 Å². The average Bonchev–Trinajstić information content (AvgIpc) is 2.04. The highest BCUT2D eigenvalue weighted by atomic mass is 127. The summed E-state index contributed by atoms with van der Waals surface area (Å²) in [6, 6.07) is 4.54. The van der Waals surface area contributed by atoms with E-state index in [1.54, 1.807) is 34.7 Å². The van der Waals surface area contributed by atoms with E-state index >= 15 is 0 Å². The second-order valence-corrected chi connectivity index (χ2v) is 3.14. The van der Waals surface area contributed by atoms with Crippen molar-refractivity contribution in [2.24, 2.45) is 0 Å².